The molecule has 1 heterocycles. The second-order valence-corrected chi connectivity index (χ2v) is 10.2. The highest BCUT2D eigenvalue weighted by Crippen LogP contribution is 2.52. The highest BCUT2D eigenvalue weighted by molar-refractivity contribution is 9.10. The molecule has 0 saturated carbocycles. The zero-order valence-corrected chi connectivity index (χ0v) is 23.7. The third-order valence-corrected chi connectivity index (χ3v) is 7.66. The summed E-state index contributed by atoms with van der Waals surface area (Å²) in [5, 5.41) is 1.21. The Hall–Kier alpha value is -2.91. The van der Waals surface area contributed by atoms with Gasteiger partial charge in [-0.1, -0.05) is 23.7 Å². The Labute approximate surface area is 233 Å². The summed E-state index contributed by atoms with van der Waals surface area (Å²) in [6, 6.07) is 10.0. The molecule has 38 heavy (non-hydrogen) atoms. The fourth-order valence-corrected chi connectivity index (χ4v) is 6.12. The fraction of sp³-hybridized carbons (Fsp3) is 0.393. The molecule has 0 radical (unpaired) electrons. The largest absolute Gasteiger partial charge is 0.465 e. The van der Waals surface area contributed by atoms with Crippen LogP contribution in [0, 0.1) is 11.2 Å². The minimum Gasteiger partial charge on any atom is -0.465 e. The Morgan fingerprint density at radius 3 is 2.08 bits per heavy atom. The van der Waals surface area contributed by atoms with Crippen LogP contribution < -0.4 is 0 Å². The maximum absolute atomic E-state index is 14.6. The normalized spacial score (nSPS) is 14.8. The van der Waals surface area contributed by atoms with Gasteiger partial charge in [0.15, 0.2) is 0 Å². The molecule has 0 bridgehead atoms. The van der Waals surface area contributed by atoms with Crippen LogP contribution in [0.1, 0.15) is 49.9 Å². The van der Waals surface area contributed by atoms with E-state index in [4.69, 9.17) is 25.8 Å². The van der Waals surface area contributed by atoms with E-state index in [-0.39, 0.29) is 26.2 Å². The van der Waals surface area contributed by atoms with Crippen LogP contribution in [0.15, 0.2) is 40.9 Å². The van der Waals surface area contributed by atoms with Gasteiger partial charge in [-0.3, -0.25) is 14.4 Å². The summed E-state index contributed by atoms with van der Waals surface area (Å²) in [5.41, 5.74) is 0.494. The number of aryl methyl sites for hydroxylation is 1. The molecule has 0 amide bonds. The molecule has 2 aromatic carbocycles. The molecule has 10 heteroatoms. The number of halogens is 3. The monoisotopic (exact) mass is 607 g/mol. The Morgan fingerprint density at radius 2 is 1.55 bits per heavy atom. The van der Waals surface area contributed by atoms with E-state index in [1.54, 1.807) is 32.9 Å². The van der Waals surface area contributed by atoms with E-state index in [9.17, 15) is 18.8 Å². The molecule has 0 spiro atoms. The Bertz CT molecular complexity index is 1340. The Morgan fingerprint density at radius 1 is 1.00 bits per heavy atom. The summed E-state index contributed by atoms with van der Waals surface area (Å²) < 4.78 is 33.0. The van der Waals surface area contributed by atoms with Crippen molar-refractivity contribution in [3.63, 3.8) is 0 Å². The number of benzene rings is 2. The second kappa shape index (κ2) is 11.5. The zero-order valence-electron chi connectivity index (χ0n) is 21.3. The summed E-state index contributed by atoms with van der Waals surface area (Å²) >= 11 is 9.59. The SMILES string of the molecule is CCOC(=O)C(C(=O)OCC)(C(=O)OCC)[C@@H]1CCc2c1n(Cc1ccc(Cl)cc1)c1c(Br)cc(F)cc21. The van der Waals surface area contributed by atoms with Gasteiger partial charge < -0.3 is 18.8 Å². The van der Waals surface area contributed by atoms with E-state index in [0.29, 0.717) is 39.1 Å². The van der Waals surface area contributed by atoms with Gasteiger partial charge in [0.05, 0.1) is 25.3 Å². The number of ether oxygens (including phenoxy) is 3. The average molecular weight is 609 g/mol. The predicted octanol–water partition coefficient (Wildman–Crippen LogP) is 5.95. The molecule has 1 aliphatic carbocycles. The molecule has 0 aliphatic heterocycles. The first-order valence-corrected chi connectivity index (χ1v) is 13.6. The van der Waals surface area contributed by atoms with Gasteiger partial charge in [-0.2, -0.15) is 0 Å². The predicted molar refractivity (Wildman–Crippen MR) is 144 cm³/mol. The number of nitrogens with zero attached hydrogens (tertiary/aromatic N) is 1. The van der Waals surface area contributed by atoms with Crippen molar-refractivity contribution >= 4 is 56.3 Å². The van der Waals surface area contributed by atoms with Gasteiger partial charge in [0.2, 0.25) is 0 Å². The molecule has 0 unspecified atom stereocenters. The van der Waals surface area contributed by atoms with Crippen LogP contribution in [0.25, 0.3) is 10.9 Å². The van der Waals surface area contributed by atoms with Crippen LogP contribution in [0.2, 0.25) is 5.02 Å². The van der Waals surface area contributed by atoms with Gasteiger partial charge in [-0.15, -0.1) is 0 Å². The number of aromatic nitrogens is 1. The van der Waals surface area contributed by atoms with Crippen LogP contribution in [-0.4, -0.2) is 42.3 Å². The van der Waals surface area contributed by atoms with Gasteiger partial charge in [0.25, 0.3) is 5.41 Å². The number of rotatable bonds is 9. The minimum atomic E-state index is -2.38. The zero-order chi connectivity index (χ0) is 27.6. The summed E-state index contributed by atoms with van der Waals surface area (Å²) in [4.78, 5) is 40.9. The highest BCUT2D eigenvalue weighted by Gasteiger charge is 2.65. The van der Waals surface area contributed by atoms with Gasteiger partial charge in [0.1, 0.15) is 5.82 Å². The van der Waals surface area contributed by atoms with Gasteiger partial charge in [-0.25, -0.2) is 4.39 Å². The molecule has 7 nitrogen and oxygen atoms in total. The molecule has 0 N–H and O–H groups in total. The molecule has 202 valence electrons. The van der Waals surface area contributed by atoms with Gasteiger partial charge >= 0.3 is 17.9 Å². The minimum absolute atomic E-state index is 0.0521. The van der Waals surface area contributed by atoms with Crippen LogP contribution in [0.5, 0.6) is 0 Å². The number of hydrogen-bond donors (Lipinski definition) is 0. The van der Waals surface area contributed by atoms with Crippen LogP contribution in [0.3, 0.4) is 0 Å². The third kappa shape index (κ3) is 4.71. The number of hydrogen-bond acceptors (Lipinski definition) is 6. The molecule has 1 aliphatic rings. The molecule has 0 fully saturated rings. The standard InChI is InChI=1S/C28H28BrClFNO6/c1-4-36-25(33)28(26(34)37-5-2,27(35)38-6-3)21-12-11-19-20-13-18(31)14-22(29)24(20)32(23(19)21)15-16-7-9-17(30)10-8-16/h7-10,13-14,21H,4-6,11-12,15H2,1-3H3/t21-/m1/s1. The number of carbonyl (C=O) groups excluding carboxylic acids is 3. The molecular formula is C28H28BrClFNO6. The fourth-order valence-electron chi connectivity index (χ4n) is 5.35. The van der Waals surface area contributed by atoms with Crippen LogP contribution in [-0.2, 0) is 41.6 Å². The maximum Gasteiger partial charge on any atom is 0.335 e. The lowest BCUT2D eigenvalue weighted by Gasteiger charge is -2.33. The molecule has 3 aromatic rings. The number of fused-ring (bicyclic) bond motifs is 3. The van der Waals surface area contributed by atoms with Crippen molar-refractivity contribution in [2.45, 2.75) is 46.1 Å². The van der Waals surface area contributed by atoms with E-state index in [1.165, 1.54) is 12.1 Å². The summed E-state index contributed by atoms with van der Waals surface area (Å²) in [7, 11) is 0. The van der Waals surface area contributed by atoms with Crippen molar-refractivity contribution in [3.05, 3.63) is 68.5 Å². The van der Waals surface area contributed by atoms with E-state index in [1.807, 2.05) is 16.7 Å². The third-order valence-electron chi connectivity index (χ3n) is 6.81. The van der Waals surface area contributed by atoms with Gasteiger partial charge in [0, 0.05) is 33.0 Å². The Kier molecular flexibility index (Phi) is 8.47. The molecule has 4 rings (SSSR count). The molecule has 1 atom stereocenters. The van der Waals surface area contributed by atoms with Crippen molar-refractivity contribution in [3.8, 4) is 0 Å². The molecular weight excluding hydrogens is 581 g/mol. The van der Waals surface area contributed by atoms with Crippen molar-refractivity contribution in [1.29, 1.82) is 0 Å². The Balaban J connectivity index is 2.03. The van der Waals surface area contributed by atoms with E-state index < -0.39 is 35.1 Å². The highest BCUT2D eigenvalue weighted by atomic mass is 79.9. The smallest absolute Gasteiger partial charge is 0.335 e. The first-order chi connectivity index (χ1) is 18.2. The first-order valence-electron chi connectivity index (χ1n) is 12.5. The average Bonchev–Trinajstić information content (AvgIpc) is 3.42. The molecule has 0 saturated heterocycles. The summed E-state index contributed by atoms with van der Waals surface area (Å²) in [5.74, 6) is -4.48. The van der Waals surface area contributed by atoms with E-state index in [2.05, 4.69) is 15.9 Å². The van der Waals surface area contributed by atoms with Crippen molar-refractivity contribution in [2.75, 3.05) is 19.8 Å². The quantitative estimate of drug-likeness (QED) is 0.170. The maximum atomic E-state index is 14.6. The number of carbonyl (C=O) groups is 3. The van der Waals surface area contributed by atoms with E-state index >= 15 is 0 Å². The topological polar surface area (TPSA) is 83.8 Å². The summed E-state index contributed by atoms with van der Waals surface area (Å²) in [6.07, 6.45) is 0.659. The number of esters is 3. The summed E-state index contributed by atoms with van der Waals surface area (Å²) in [6.45, 7) is 4.94. The lowest BCUT2D eigenvalue weighted by atomic mass is 9.73. The van der Waals surface area contributed by atoms with Gasteiger partial charge in [-0.05, 0) is 84.9 Å². The lowest BCUT2D eigenvalue weighted by Crippen LogP contribution is -2.53. The van der Waals surface area contributed by atoms with Crippen LogP contribution >= 0.6 is 27.5 Å². The first kappa shape index (κ1) is 28.1. The second-order valence-electron chi connectivity index (χ2n) is 8.92. The molecule has 1 aromatic heterocycles. The van der Waals surface area contributed by atoms with E-state index in [0.717, 1.165) is 11.1 Å². The lowest BCUT2D eigenvalue weighted by molar-refractivity contribution is -0.186. The van der Waals surface area contributed by atoms with Crippen molar-refractivity contribution in [1.82, 2.24) is 4.57 Å². The van der Waals surface area contributed by atoms with Crippen LogP contribution in [0.4, 0.5) is 4.39 Å². The van der Waals surface area contributed by atoms with Crippen molar-refractivity contribution in [2.24, 2.45) is 5.41 Å². The van der Waals surface area contributed by atoms with Crippen molar-refractivity contribution < 1.29 is 33.0 Å².